The zero-order valence-electron chi connectivity index (χ0n) is 21.8. The van der Waals surface area contributed by atoms with Crippen LogP contribution in [0.2, 0.25) is 5.02 Å². The first kappa shape index (κ1) is 28.0. The zero-order chi connectivity index (χ0) is 27.1. The number of hydrogen-bond acceptors (Lipinski definition) is 5. The van der Waals surface area contributed by atoms with Crippen molar-refractivity contribution in [3.05, 3.63) is 52.5 Å². The Hall–Kier alpha value is -2.59. The minimum Gasteiger partial charge on any atom is -0.320 e. The number of carbonyl (C=O) groups is 2. The average Bonchev–Trinajstić information content (AvgIpc) is 3.46. The van der Waals surface area contributed by atoms with E-state index in [1.165, 1.54) is 0 Å². The summed E-state index contributed by atoms with van der Waals surface area (Å²) in [4.78, 5) is 31.0. The largest absolute Gasteiger partial charge is 0.320 e. The number of ketones is 1. The number of hydrogen-bond donors (Lipinski definition) is 2. The van der Waals surface area contributed by atoms with Crippen molar-refractivity contribution in [3.8, 4) is 0 Å². The highest BCUT2D eigenvalue weighted by Gasteiger charge is 2.57. The van der Waals surface area contributed by atoms with Gasteiger partial charge in [-0.2, -0.15) is 4.72 Å². The molecule has 2 aromatic carbocycles. The number of halogens is 1. The number of likely N-dealkylation sites (N-methyl/N-ethyl adjacent to an activating group) is 1. The van der Waals surface area contributed by atoms with Crippen molar-refractivity contribution in [3.63, 3.8) is 0 Å². The van der Waals surface area contributed by atoms with Gasteiger partial charge in [-0.15, -0.1) is 0 Å². The molecule has 2 N–H and O–H groups in total. The Kier molecular flexibility index (Phi) is 7.81. The molecule has 2 aromatic rings. The number of aliphatic imine (C=N–C) groups is 1. The number of nitrogens with one attached hydrogen (secondary N) is 2. The number of Topliss-reactive ketones (excluding diaryl/α,β-unsaturated/α-hetero) is 1. The van der Waals surface area contributed by atoms with Gasteiger partial charge in [0.1, 0.15) is 5.69 Å². The van der Waals surface area contributed by atoms with E-state index in [2.05, 4.69) is 15.0 Å². The summed E-state index contributed by atoms with van der Waals surface area (Å²) < 4.78 is 26.6. The number of benzene rings is 2. The Morgan fingerprint density at radius 2 is 1.78 bits per heavy atom. The molecule has 1 heterocycles. The van der Waals surface area contributed by atoms with E-state index in [4.69, 9.17) is 11.6 Å². The molecule has 0 spiro atoms. The molecule has 194 valence electrons. The molecule has 0 bridgehead atoms. The van der Waals surface area contributed by atoms with Gasteiger partial charge in [-0.25, -0.2) is 13.4 Å². The SMILES string of the molecule is CC[N+]1(c2ccc(N=C(C(=O)Nc3cc(Cl)ccc3C)C(=O)C(C)(C)C)c(C)c2)CC1NS(C)(=O)=O. The van der Waals surface area contributed by atoms with E-state index in [1.54, 1.807) is 45.0 Å². The molecule has 0 aliphatic carbocycles. The van der Waals surface area contributed by atoms with Crippen LogP contribution in [0, 0.1) is 19.3 Å². The number of quaternary nitrogens is 1. The normalized spacial score (nSPS) is 20.2. The third-order valence-corrected chi connectivity index (χ3v) is 7.30. The first-order valence-corrected chi connectivity index (χ1v) is 14.0. The summed E-state index contributed by atoms with van der Waals surface area (Å²) >= 11 is 6.09. The maximum Gasteiger partial charge on any atom is 0.278 e. The highest BCUT2D eigenvalue weighted by atomic mass is 35.5. The zero-order valence-corrected chi connectivity index (χ0v) is 23.3. The third-order valence-electron chi connectivity index (χ3n) is 6.36. The molecule has 0 saturated carbocycles. The molecule has 1 fully saturated rings. The summed E-state index contributed by atoms with van der Waals surface area (Å²) in [5.41, 5.74) is 2.50. The van der Waals surface area contributed by atoms with Crippen molar-refractivity contribution in [1.29, 1.82) is 0 Å². The molecule has 2 atom stereocenters. The lowest BCUT2D eigenvalue weighted by molar-refractivity contribution is -0.121. The number of aryl methyl sites for hydroxylation is 2. The first-order valence-electron chi connectivity index (χ1n) is 11.7. The van der Waals surface area contributed by atoms with Crippen LogP contribution < -0.4 is 14.5 Å². The topological polar surface area (TPSA) is 105 Å². The molecule has 1 saturated heterocycles. The quantitative estimate of drug-likeness (QED) is 0.225. The maximum atomic E-state index is 13.3. The molecular weight excluding hydrogens is 500 g/mol. The molecule has 1 aliphatic rings. The second-order valence-corrected chi connectivity index (χ2v) is 12.6. The molecule has 1 amide bonds. The maximum absolute atomic E-state index is 13.3. The lowest BCUT2D eigenvalue weighted by Crippen LogP contribution is -2.38. The minimum atomic E-state index is -3.33. The van der Waals surface area contributed by atoms with Crippen LogP contribution in [0.4, 0.5) is 17.1 Å². The summed E-state index contributed by atoms with van der Waals surface area (Å²) in [5, 5.41) is 3.25. The van der Waals surface area contributed by atoms with E-state index in [-0.39, 0.29) is 17.7 Å². The Bertz CT molecular complexity index is 1350. The third kappa shape index (κ3) is 6.21. The second kappa shape index (κ2) is 10.0. The van der Waals surface area contributed by atoms with Crippen molar-refractivity contribution >= 4 is 56.1 Å². The minimum absolute atomic E-state index is 0.194. The van der Waals surface area contributed by atoms with Crippen LogP contribution >= 0.6 is 11.6 Å². The monoisotopic (exact) mass is 533 g/mol. The Labute approximate surface area is 218 Å². The van der Waals surface area contributed by atoms with E-state index >= 15 is 0 Å². The van der Waals surface area contributed by atoms with E-state index in [9.17, 15) is 18.0 Å². The fraction of sp³-hybridized carbons (Fsp3) is 0.423. The Morgan fingerprint density at radius 3 is 2.33 bits per heavy atom. The molecule has 0 aromatic heterocycles. The number of amides is 1. The fourth-order valence-corrected chi connectivity index (χ4v) is 5.04. The Morgan fingerprint density at radius 1 is 1.11 bits per heavy atom. The van der Waals surface area contributed by atoms with Crippen molar-refractivity contribution in [2.75, 3.05) is 24.7 Å². The van der Waals surface area contributed by atoms with E-state index < -0.39 is 21.3 Å². The number of carbonyl (C=O) groups excluding carboxylic acids is 2. The molecule has 10 heteroatoms. The van der Waals surface area contributed by atoms with Crippen molar-refractivity contribution in [2.24, 2.45) is 10.4 Å². The van der Waals surface area contributed by atoms with E-state index in [1.807, 2.05) is 32.9 Å². The fourth-order valence-electron chi connectivity index (χ4n) is 4.10. The van der Waals surface area contributed by atoms with Gasteiger partial charge in [0.05, 0.1) is 18.5 Å². The van der Waals surface area contributed by atoms with Gasteiger partial charge < -0.3 is 5.32 Å². The lowest BCUT2D eigenvalue weighted by Gasteiger charge is -2.20. The van der Waals surface area contributed by atoms with Gasteiger partial charge in [0, 0.05) is 28.3 Å². The molecular formula is C26H34ClN4O4S+. The predicted molar refractivity (Wildman–Crippen MR) is 147 cm³/mol. The molecule has 2 unspecified atom stereocenters. The van der Waals surface area contributed by atoms with Gasteiger partial charge in [-0.1, -0.05) is 38.4 Å². The van der Waals surface area contributed by atoms with E-state index in [0.717, 1.165) is 23.1 Å². The predicted octanol–water partition coefficient (Wildman–Crippen LogP) is 4.50. The van der Waals surface area contributed by atoms with Crippen molar-refractivity contribution in [1.82, 2.24) is 9.21 Å². The highest BCUT2D eigenvalue weighted by molar-refractivity contribution is 7.88. The van der Waals surface area contributed by atoms with Gasteiger partial charge in [-0.3, -0.25) is 14.1 Å². The molecule has 36 heavy (non-hydrogen) atoms. The lowest BCUT2D eigenvalue weighted by atomic mass is 9.87. The second-order valence-electron chi connectivity index (χ2n) is 10.4. The number of anilines is 1. The van der Waals surface area contributed by atoms with Crippen LogP contribution in [0.15, 0.2) is 41.4 Å². The molecule has 1 aliphatic heterocycles. The standard InChI is InChI=1S/C26H33ClN4O4S/c1-8-31(15-22(31)30-36(7,34)35)19-11-12-20(17(3)13-19)28-23(24(32)26(4,5)6)25(33)29-21-14-18(27)10-9-16(21)2/h9-14,22,30H,8,15H2,1-7H3/p+1. The highest BCUT2D eigenvalue weighted by Crippen LogP contribution is 2.39. The molecule has 8 nitrogen and oxygen atoms in total. The smallest absolute Gasteiger partial charge is 0.278 e. The summed E-state index contributed by atoms with van der Waals surface area (Å²) in [6.07, 6.45) is 0.936. The van der Waals surface area contributed by atoms with Crippen LogP contribution in [-0.2, 0) is 19.6 Å². The van der Waals surface area contributed by atoms with Gasteiger partial charge in [0.15, 0.2) is 18.0 Å². The number of sulfonamides is 1. The van der Waals surface area contributed by atoms with Gasteiger partial charge in [0.2, 0.25) is 16.2 Å². The molecule has 3 rings (SSSR count). The average molecular weight is 534 g/mol. The van der Waals surface area contributed by atoms with Crippen LogP contribution in [0.1, 0.15) is 38.8 Å². The first-order chi connectivity index (χ1) is 16.6. The number of rotatable bonds is 8. The van der Waals surface area contributed by atoms with Crippen LogP contribution in [0.5, 0.6) is 0 Å². The van der Waals surface area contributed by atoms with Gasteiger partial charge in [-0.05, 0) is 50.1 Å². The molecule has 0 radical (unpaired) electrons. The van der Waals surface area contributed by atoms with Gasteiger partial charge >= 0.3 is 0 Å². The van der Waals surface area contributed by atoms with Crippen LogP contribution in [0.25, 0.3) is 0 Å². The van der Waals surface area contributed by atoms with Gasteiger partial charge in [0.25, 0.3) is 5.91 Å². The van der Waals surface area contributed by atoms with E-state index in [0.29, 0.717) is 34.0 Å². The summed E-state index contributed by atoms with van der Waals surface area (Å²) in [6.45, 7) is 12.3. The summed E-state index contributed by atoms with van der Waals surface area (Å²) in [6, 6.07) is 10.7. The summed E-state index contributed by atoms with van der Waals surface area (Å²) in [7, 11) is -3.33. The Balaban J connectivity index is 1.98. The van der Waals surface area contributed by atoms with Crippen molar-refractivity contribution < 1.29 is 18.0 Å². The van der Waals surface area contributed by atoms with Crippen molar-refractivity contribution in [2.45, 2.75) is 47.7 Å². The van der Waals surface area contributed by atoms with Crippen LogP contribution in [-0.4, -0.2) is 51.3 Å². The summed E-state index contributed by atoms with van der Waals surface area (Å²) in [5.74, 6) is -0.993. The number of nitrogens with zero attached hydrogens (tertiary/aromatic N) is 2. The van der Waals surface area contributed by atoms with Crippen LogP contribution in [0.3, 0.4) is 0 Å².